The second-order valence-electron chi connectivity index (χ2n) is 8.68. The van der Waals surface area contributed by atoms with E-state index in [1.54, 1.807) is 18.2 Å². The van der Waals surface area contributed by atoms with Crippen molar-refractivity contribution in [2.45, 2.75) is 55.9 Å². The van der Waals surface area contributed by atoms with E-state index in [9.17, 15) is 18.0 Å². The van der Waals surface area contributed by atoms with Crippen LogP contribution in [0.4, 0.5) is 5.69 Å². The van der Waals surface area contributed by atoms with Gasteiger partial charge in [-0.15, -0.1) is 11.8 Å². The molecule has 0 unspecified atom stereocenters. The van der Waals surface area contributed by atoms with Gasteiger partial charge in [-0.3, -0.25) is 9.59 Å². The maximum absolute atomic E-state index is 13.0. The molecule has 1 fully saturated rings. The highest BCUT2D eigenvalue weighted by Crippen LogP contribution is 2.38. The van der Waals surface area contributed by atoms with Gasteiger partial charge >= 0.3 is 0 Å². The van der Waals surface area contributed by atoms with E-state index < -0.39 is 15.6 Å². The predicted octanol–water partition coefficient (Wildman–Crippen LogP) is 2.46. The number of hydrogen-bond acceptors (Lipinski definition) is 5. The minimum Gasteiger partial charge on any atom is -0.350 e. The lowest BCUT2D eigenvalue weighted by Crippen LogP contribution is -2.48. The number of carbonyl (C=O) groups is 2. The molecular formula is C20H29N3O4S2. The van der Waals surface area contributed by atoms with E-state index in [1.165, 1.54) is 21.0 Å². The lowest BCUT2D eigenvalue weighted by Gasteiger charge is -2.27. The number of fused-ring (bicyclic) bond motifs is 1. The van der Waals surface area contributed by atoms with Crippen LogP contribution in [0.1, 0.15) is 40.5 Å². The molecular weight excluding hydrogens is 410 g/mol. The molecule has 2 amide bonds. The molecule has 7 nitrogen and oxygen atoms in total. The summed E-state index contributed by atoms with van der Waals surface area (Å²) in [7, 11) is -3.61. The molecule has 1 aromatic carbocycles. The Morgan fingerprint density at radius 3 is 2.52 bits per heavy atom. The number of thioether (sulfide) groups is 1. The van der Waals surface area contributed by atoms with Gasteiger partial charge in [-0.25, -0.2) is 8.42 Å². The summed E-state index contributed by atoms with van der Waals surface area (Å²) in [4.78, 5) is 28.0. The van der Waals surface area contributed by atoms with Crippen LogP contribution in [-0.2, 0) is 19.6 Å². The molecule has 9 heteroatoms. The zero-order valence-electron chi connectivity index (χ0n) is 17.4. The maximum Gasteiger partial charge on any atom is 0.243 e. The highest BCUT2D eigenvalue weighted by Gasteiger charge is 2.33. The van der Waals surface area contributed by atoms with Gasteiger partial charge in [0.05, 0.1) is 10.6 Å². The quantitative estimate of drug-likeness (QED) is 0.779. The number of sulfonamides is 1. The Balaban J connectivity index is 1.99. The molecule has 0 radical (unpaired) electrons. The van der Waals surface area contributed by atoms with Crippen LogP contribution in [0.25, 0.3) is 0 Å². The van der Waals surface area contributed by atoms with Gasteiger partial charge in [-0.1, -0.05) is 6.92 Å². The van der Waals surface area contributed by atoms with Crippen molar-refractivity contribution in [2.75, 3.05) is 30.3 Å². The molecule has 160 valence electrons. The normalized spacial score (nSPS) is 21.0. The Morgan fingerprint density at radius 1 is 1.24 bits per heavy atom. The number of rotatable bonds is 4. The molecule has 0 aliphatic carbocycles. The van der Waals surface area contributed by atoms with Crippen molar-refractivity contribution in [1.82, 2.24) is 9.62 Å². The Kier molecular flexibility index (Phi) is 6.31. The topological polar surface area (TPSA) is 86.8 Å². The fraction of sp³-hybridized carbons (Fsp3) is 0.600. The van der Waals surface area contributed by atoms with Crippen LogP contribution >= 0.6 is 11.8 Å². The Bertz CT molecular complexity index is 903. The van der Waals surface area contributed by atoms with E-state index in [4.69, 9.17) is 0 Å². The molecule has 29 heavy (non-hydrogen) atoms. The van der Waals surface area contributed by atoms with Crippen molar-refractivity contribution in [3.8, 4) is 0 Å². The van der Waals surface area contributed by atoms with Crippen molar-refractivity contribution in [2.24, 2.45) is 5.92 Å². The number of hydrogen-bond donors (Lipinski definition) is 1. The molecule has 2 aliphatic rings. The SMILES string of the molecule is C[C@@H]1CSc2ccc(S(=O)(=O)N3CCCC3)cc2N(CC(=O)NC(C)(C)C)C1=O. The molecule has 1 atom stereocenters. The van der Waals surface area contributed by atoms with Crippen LogP contribution in [0.5, 0.6) is 0 Å². The van der Waals surface area contributed by atoms with Crippen molar-refractivity contribution < 1.29 is 18.0 Å². The van der Waals surface area contributed by atoms with E-state index in [0.717, 1.165) is 17.7 Å². The fourth-order valence-electron chi connectivity index (χ4n) is 3.50. The largest absolute Gasteiger partial charge is 0.350 e. The average molecular weight is 440 g/mol. The number of carbonyl (C=O) groups excluding carboxylic acids is 2. The Hall–Kier alpha value is -1.58. The van der Waals surface area contributed by atoms with Crippen molar-refractivity contribution in [3.05, 3.63) is 18.2 Å². The molecule has 2 aliphatic heterocycles. The van der Waals surface area contributed by atoms with E-state index in [1.807, 2.05) is 27.7 Å². The average Bonchev–Trinajstić information content (AvgIpc) is 3.14. The predicted molar refractivity (Wildman–Crippen MR) is 115 cm³/mol. The second-order valence-corrected chi connectivity index (χ2v) is 11.7. The van der Waals surface area contributed by atoms with Gasteiger partial charge < -0.3 is 10.2 Å². The van der Waals surface area contributed by atoms with Gasteiger partial charge in [0.1, 0.15) is 6.54 Å². The number of nitrogens with one attached hydrogen (secondary N) is 1. The smallest absolute Gasteiger partial charge is 0.243 e. The summed E-state index contributed by atoms with van der Waals surface area (Å²) in [6.07, 6.45) is 1.71. The summed E-state index contributed by atoms with van der Waals surface area (Å²) in [5.41, 5.74) is 0.0736. The van der Waals surface area contributed by atoms with Gasteiger partial charge in [0.25, 0.3) is 0 Å². The molecule has 0 bridgehead atoms. The number of benzene rings is 1. The molecule has 1 aromatic rings. The van der Waals surface area contributed by atoms with Gasteiger partial charge in [-0.2, -0.15) is 4.31 Å². The molecule has 1 N–H and O–H groups in total. The third-order valence-electron chi connectivity index (χ3n) is 4.92. The fourth-order valence-corrected chi connectivity index (χ4v) is 6.09. The van der Waals surface area contributed by atoms with Gasteiger partial charge in [0.15, 0.2) is 0 Å². The first kappa shape index (κ1) is 22.1. The van der Waals surface area contributed by atoms with E-state index in [-0.39, 0.29) is 29.2 Å². The zero-order valence-corrected chi connectivity index (χ0v) is 19.0. The summed E-state index contributed by atoms with van der Waals surface area (Å²) in [5, 5.41) is 2.88. The summed E-state index contributed by atoms with van der Waals surface area (Å²) in [6, 6.07) is 4.91. The van der Waals surface area contributed by atoms with Gasteiger partial charge in [0.2, 0.25) is 21.8 Å². The van der Waals surface area contributed by atoms with Crippen molar-refractivity contribution in [1.29, 1.82) is 0 Å². The second kappa shape index (κ2) is 8.28. The number of anilines is 1. The number of nitrogens with zero attached hydrogens (tertiary/aromatic N) is 2. The van der Waals surface area contributed by atoms with Crippen molar-refractivity contribution in [3.63, 3.8) is 0 Å². The molecule has 0 saturated carbocycles. The molecule has 3 rings (SSSR count). The van der Waals surface area contributed by atoms with Gasteiger partial charge in [0, 0.05) is 35.2 Å². The molecule has 0 aromatic heterocycles. The third-order valence-corrected chi connectivity index (χ3v) is 8.13. The molecule has 1 saturated heterocycles. The van der Waals surface area contributed by atoms with Gasteiger partial charge in [-0.05, 0) is 51.8 Å². The monoisotopic (exact) mass is 439 g/mol. The standard InChI is InChI=1S/C20H29N3O4S2/c1-14-13-28-17-8-7-15(29(26,27)22-9-5-6-10-22)11-16(17)23(19(14)25)12-18(24)21-20(2,3)4/h7-8,11,14H,5-6,9-10,12-13H2,1-4H3,(H,21,24)/t14-/m1/s1. The van der Waals surface area contributed by atoms with Crippen LogP contribution in [0.3, 0.4) is 0 Å². The van der Waals surface area contributed by atoms with Crippen LogP contribution < -0.4 is 10.2 Å². The van der Waals surface area contributed by atoms with Crippen LogP contribution in [-0.4, -0.2) is 55.5 Å². The first-order valence-corrected chi connectivity index (χ1v) is 12.3. The number of amides is 2. The maximum atomic E-state index is 13.0. The first-order chi connectivity index (χ1) is 13.5. The summed E-state index contributed by atoms with van der Waals surface area (Å²) in [5.74, 6) is -0.130. The van der Waals surface area contributed by atoms with Crippen LogP contribution in [0.2, 0.25) is 0 Å². The summed E-state index contributed by atoms with van der Waals surface area (Å²) < 4.78 is 27.5. The minimum absolute atomic E-state index is 0.138. The molecule has 0 spiro atoms. The van der Waals surface area contributed by atoms with Crippen LogP contribution in [0, 0.1) is 5.92 Å². The van der Waals surface area contributed by atoms with E-state index in [0.29, 0.717) is 24.5 Å². The third kappa shape index (κ3) is 4.95. The Morgan fingerprint density at radius 2 is 1.90 bits per heavy atom. The van der Waals surface area contributed by atoms with E-state index in [2.05, 4.69) is 5.32 Å². The Labute approximate surface area is 177 Å². The van der Waals surface area contributed by atoms with Crippen molar-refractivity contribution >= 4 is 39.3 Å². The highest BCUT2D eigenvalue weighted by atomic mass is 32.2. The van der Waals surface area contributed by atoms with Crippen LogP contribution in [0.15, 0.2) is 28.0 Å². The summed E-state index contributed by atoms with van der Waals surface area (Å²) in [6.45, 7) is 8.36. The zero-order chi connectivity index (χ0) is 21.4. The lowest BCUT2D eigenvalue weighted by molar-refractivity contribution is -0.126. The molecule has 2 heterocycles. The summed E-state index contributed by atoms with van der Waals surface area (Å²) >= 11 is 1.51. The highest BCUT2D eigenvalue weighted by molar-refractivity contribution is 7.99. The van der Waals surface area contributed by atoms with E-state index >= 15 is 0 Å². The lowest BCUT2D eigenvalue weighted by atomic mass is 10.1. The minimum atomic E-state index is -3.61. The first-order valence-electron chi connectivity index (χ1n) is 9.88.